The lowest BCUT2D eigenvalue weighted by molar-refractivity contribution is -0.0568. The summed E-state index contributed by atoms with van der Waals surface area (Å²) in [6.45, 7) is 4.07. The summed E-state index contributed by atoms with van der Waals surface area (Å²) in [6, 6.07) is 4.08. The molecular weight excluding hydrogens is 264 g/mol. The Balaban J connectivity index is 2.30. The summed E-state index contributed by atoms with van der Waals surface area (Å²) in [5.41, 5.74) is 3.09. The minimum absolute atomic E-state index is 0.152. The smallest absolute Gasteiger partial charge is 0.125 e. The van der Waals surface area contributed by atoms with Crippen molar-refractivity contribution in [2.45, 2.75) is 58.2 Å². The average Bonchev–Trinajstić information content (AvgIpc) is 2.48. The third-order valence-corrected chi connectivity index (χ3v) is 4.71. The van der Waals surface area contributed by atoms with Crippen molar-refractivity contribution in [3.8, 4) is 5.75 Å². The maximum atomic E-state index is 10.9. The van der Waals surface area contributed by atoms with Gasteiger partial charge in [-0.3, -0.25) is 0 Å². The first-order valence-electron chi connectivity index (χ1n) is 7.94. The van der Waals surface area contributed by atoms with E-state index in [-0.39, 0.29) is 6.10 Å². The molecule has 3 heteroatoms. The summed E-state index contributed by atoms with van der Waals surface area (Å²) in [5, 5.41) is 10.9. The number of rotatable bonds is 5. The summed E-state index contributed by atoms with van der Waals surface area (Å²) in [7, 11) is 3.37. The minimum Gasteiger partial charge on any atom is -0.496 e. The van der Waals surface area contributed by atoms with Crippen molar-refractivity contribution in [3.63, 3.8) is 0 Å². The number of hydrogen-bond acceptors (Lipinski definition) is 3. The largest absolute Gasteiger partial charge is 0.496 e. The molecule has 0 radical (unpaired) electrons. The zero-order valence-electron chi connectivity index (χ0n) is 13.7. The highest BCUT2D eigenvalue weighted by molar-refractivity contribution is 5.45. The average molecular weight is 292 g/mol. The van der Waals surface area contributed by atoms with Crippen molar-refractivity contribution >= 4 is 0 Å². The van der Waals surface area contributed by atoms with E-state index >= 15 is 0 Å². The maximum Gasteiger partial charge on any atom is 0.125 e. The van der Waals surface area contributed by atoms with E-state index in [2.05, 4.69) is 6.07 Å². The summed E-state index contributed by atoms with van der Waals surface area (Å²) in [6.07, 6.45) is 5.28. The fraction of sp³-hybridized carbons (Fsp3) is 0.667. The molecule has 1 fully saturated rings. The van der Waals surface area contributed by atoms with Crippen LogP contribution >= 0.6 is 0 Å². The van der Waals surface area contributed by atoms with Crippen LogP contribution in [0.2, 0.25) is 0 Å². The Bertz CT molecular complexity index is 464. The molecular formula is C18H28O3. The van der Waals surface area contributed by atoms with E-state index in [1.807, 2.05) is 19.9 Å². The van der Waals surface area contributed by atoms with Crippen LogP contribution in [-0.4, -0.2) is 25.4 Å². The van der Waals surface area contributed by atoms with Crippen LogP contribution in [0.4, 0.5) is 0 Å². The molecule has 21 heavy (non-hydrogen) atoms. The lowest BCUT2D eigenvalue weighted by Gasteiger charge is -2.33. The number of ether oxygens (including phenoxy) is 2. The van der Waals surface area contributed by atoms with Crippen molar-refractivity contribution in [1.29, 1.82) is 0 Å². The van der Waals surface area contributed by atoms with Crippen LogP contribution in [0.25, 0.3) is 0 Å². The Morgan fingerprint density at radius 3 is 2.33 bits per heavy atom. The predicted molar refractivity (Wildman–Crippen MR) is 84.8 cm³/mol. The normalized spacial score (nSPS) is 19.3. The van der Waals surface area contributed by atoms with Crippen LogP contribution in [0.3, 0.4) is 0 Å². The molecule has 0 saturated heterocycles. The molecule has 118 valence electrons. The molecule has 1 aliphatic rings. The van der Waals surface area contributed by atoms with Crippen LogP contribution in [-0.2, 0) is 4.74 Å². The van der Waals surface area contributed by atoms with Crippen molar-refractivity contribution in [3.05, 3.63) is 28.8 Å². The van der Waals surface area contributed by atoms with Crippen molar-refractivity contribution in [1.82, 2.24) is 0 Å². The highest BCUT2D eigenvalue weighted by Gasteiger charge is 2.32. The van der Waals surface area contributed by atoms with Crippen LogP contribution in [0, 0.1) is 19.8 Å². The van der Waals surface area contributed by atoms with Gasteiger partial charge in [0, 0.05) is 12.7 Å². The number of hydrogen-bond donors (Lipinski definition) is 1. The van der Waals surface area contributed by atoms with Gasteiger partial charge >= 0.3 is 0 Å². The summed E-state index contributed by atoms with van der Waals surface area (Å²) >= 11 is 0. The minimum atomic E-state index is -0.631. The van der Waals surface area contributed by atoms with Crippen LogP contribution < -0.4 is 4.74 Å². The monoisotopic (exact) mass is 292 g/mol. The van der Waals surface area contributed by atoms with Gasteiger partial charge in [0.05, 0.1) is 13.2 Å². The van der Waals surface area contributed by atoms with E-state index in [0.717, 1.165) is 35.3 Å². The van der Waals surface area contributed by atoms with Gasteiger partial charge in [-0.2, -0.15) is 0 Å². The highest BCUT2D eigenvalue weighted by atomic mass is 16.5. The molecule has 0 bridgehead atoms. The second-order valence-electron chi connectivity index (χ2n) is 6.24. The van der Waals surface area contributed by atoms with Crippen LogP contribution in [0.15, 0.2) is 12.1 Å². The van der Waals surface area contributed by atoms with Gasteiger partial charge in [-0.15, -0.1) is 0 Å². The molecule has 2 rings (SSSR count). The Hall–Kier alpha value is -1.06. The van der Waals surface area contributed by atoms with Gasteiger partial charge in [0.2, 0.25) is 0 Å². The molecule has 1 aromatic rings. The van der Waals surface area contributed by atoms with Gasteiger partial charge in [0.25, 0.3) is 0 Å². The van der Waals surface area contributed by atoms with Gasteiger partial charge < -0.3 is 14.6 Å². The molecule has 2 atom stereocenters. The maximum absolute atomic E-state index is 10.9. The topological polar surface area (TPSA) is 38.7 Å². The summed E-state index contributed by atoms with van der Waals surface area (Å²) in [5.74, 6) is 1.20. The first kappa shape index (κ1) is 16.3. The zero-order chi connectivity index (χ0) is 15.4. The SMILES string of the molecule is COc1cc(C)cc(C)c1C(O)C(OC)C1CCCCC1. The highest BCUT2D eigenvalue weighted by Crippen LogP contribution is 2.38. The van der Waals surface area contributed by atoms with Gasteiger partial charge in [-0.1, -0.05) is 25.3 Å². The fourth-order valence-corrected chi connectivity index (χ4v) is 3.69. The Morgan fingerprint density at radius 1 is 1.10 bits per heavy atom. The Labute approximate surface area is 128 Å². The van der Waals surface area contributed by atoms with E-state index in [0.29, 0.717) is 5.92 Å². The predicted octanol–water partition coefficient (Wildman–Crippen LogP) is 3.94. The number of benzene rings is 1. The first-order chi connectivity index (χ1) is 10.1. The number of aryl methyl sites for hydroxylation is 2. The van der Waals surface area contributed by atoms with Crippen LogP contribution in [0.1, 0.15) is 54.9 Å². The summed E-state index contributed by atoms with van der Waals surface area (Å²) < 4.78 is 11.2. The van der Waals surface area contributed by atoms with E-state index in [1.165, 1.54) is 19.3 Å². The lowest BCUT2D eigenvalue weighted by atomic mass is 9.81. The molecule has 1 aliphatic carbocycles. The zero-order valence-corrected chi connectivity index (χ0v) is 13.7. The van der Waals surface area contributed by atoms with E-state index in [4.69, 9.17) is 9.47 Å². The lowest BCUT2D eigenvalue weighted by Crippen LogP contribution is -2.32. The molecule has 0 aromatic heterocycles. The van der Waals surface area contributed by atoms with Gasteiger partial charge in [-0.25, -0.2) is 0 Å². The van der Waals surface area contributed by atoms with E-state index in [9.17, 15) is 5.11 Å². The van der Waals surface area contributed by atoms with Gasteiger partial charge in [0.15, 0.2) is 0 Å². The fourth-order valence-electron chi connectivity index (χ4n) is 3.69. The second kappa shape index (κ2) is 7.28. The molecule has 1 N–H and O–H groups in total. The molecule has 3 nitrogen and oxygen atoms in total. The van der Waals surface area contributed by atoms with Crippen molar-refractivity contribution in [2.24, 2.45) is 5.92 Å². The second-order valence-corrected chi connectivity index (χ2v) is 6.24. The third kappa shape index (κ3) is 3.58. The number of aliphatic hydroxyl groups excluding tert-OH is 1. The molecule has 0 amide bonds. The van der Waals surface area contributed by atoms with E-state index in [1.54, 1.807) is 14.2 Å². The number of aliphatic hydroxyl groups is 1. The van der Waals surface area contributed by atoms with Gasteiger partial charge in [-0.05, 0) is 49.8 Å². The van der Waals surface area contributed by atoms with Gasteiger partial charge in [0.1, 0.15) is 11.9 Å². The van der Waals surface area contributed by atoms with E-state index < -0.39 is 6.10 Å². The molecule has 0 aliphatic heterocycles. The van der Waals surface area contributed by atoms with Crippen molar-refractivity contribution < 1.29 is 14.6 Å². The molecule has 1 aromatic carbocycles. The Kier molecular flexibility index (Phi) is 5.65. The first-order valence-corrected chi connectivity index (χ1v) is 7.94. The molecule has 0 spiro atoms. The molecule has 0 heterocycles. The molecule has 2 unspecified atom stereocenters. The summed E-state index contributed by atoms with van der Waals surface area (Å²) in [4.78, 5) is 0. The Morgan fingerprint density at radius 2 is 1.76 bits per heavy atom. The molecule has 1 saturated carbocycles. The third-order valence-electron chi connectivity index (χ3n) is 4.71. The quantitative estimate of drug-likeness (QED) is 0.893. The number of methoxy groups -OCH3 is 2. The van der Waals surface area contributed by atoms with Crippen molar-refractivity contribution in [2.75, 3.05) is 14.2 Å². The standard InChI is InChI=1S/C18H28O3/c1-12-10-13(2)16(15(11-12)20-3)17(19)18(21-4)14-8-6-5-7-9-14/h10-11,14,17-19H,5-9H2,1-4H3. The van der Waals surface area contributed by atoms with Crippen LogP contribution in [0.5, 0.6) is 5.75 Å².